The molecule has 3 aromatic heterocycles. The molecule has 0 saturated carbocycles. The zero-order chi connectivity index (χ0) is 26.0. The minimum absolute atomic E-state index is 0.443. The highest BCUT2D eigenvalue weighted by Gasteiger charge is 2.44. The number of thiophene rings is 1. The van der Waals surface area contributed by atoms with E-state index in [0.717, 1.165) is 31.4 Å². The number of benzene rings is 1. The van der Waals surface area contributed by atoms with Crippen LogP contribution in [0.2, 0.25) is 0 Å². The largest absolute Gasteiger partial charge is 0.481 e. The Morgan fingerprint density at radius 3 is 2.44 bits per heavy atom. The molecule has 0 aliphatic carbocycles. The lowest BCUT2D eigenvalue weighted by atomic mass is 9.73. The van der Waals surface area contributed by atoms with Crippen molar-refractivity contribution in [2.24, 2.45) is 0 Å². The maximum atomic E-state index is 12.8. The maximum Gasteiger partial charge on any atom is 0.217 e. The van der Waals surface area contributed by atoms with Gasteiger partial charge >= 0.3 is 0 Å². The average Bonchev–Trinajstić information content (AvgIpc) is 3.19. The number of rotatable bonds is 9. The summed E-state index contributed by atoms with van der Waals surface area (Å²) in [5.41, 5.74) is 1.86. The molecule has 0 aliphatic heterocycles. The van der Waals surface area contributed by atoms with E-state index < -0.39 is 11.5 Å². The molecule has 2 atom stereocenters. The lowest BCUT2D eigenvalue weighted by Crippen LogP contribution is -2.38. The first-order valence-electron chi connectivity index (χ1n) is 11.8. The van der Waals surface area contributed by atoms with Gasteiger partial charge in [-0.25, -0.2) is 9.97 Å². The summed E-state index contributed by atoms with van der Waals surface area (Å²) in [5.74, 6) is 0.470. The molecule has 36 heavy (non-hydrogen) atoms. The summed E-state index contributed by atoms with van der Waals surface area (Å²) in [5, 5.41) is 13.7. The number of aryl methyl sites for hydroxylation is 2. The first-order chi connectivity index (χ1) is 17.2. The van der Waals surface area contributed by atoms with Crippen molar-refractivity contribution in [3.8, 4) is 11.8 Å². The molecule has 0 unspecified atom stereocenters. The fraction of sp³-hybridized carbons (Fsp3) is 0.357. The third-order valence-electron chi connectivity index (χ3n) is 6.46. The SMILES string of the molecule is COc1cccc([C@](O)(CCN(C)C)[C@@H](c2cc3cc(Br)ccc3nc2OC)c2cc(C)sc2C)n1. The standard InChI is InChI=1S/C28H32BrN3O3S/c1-17-14-21(18(2)36-17)26(22-16-19-15-20(29)10-11-23(19)30-27(22)35-6)28(33,12-13-32(3)4)24-8-7-9-25(31-24)34-5/h7-11,14-16,26,33H,12-13H2,1-6H3/t26-,28-/m1/s1. The van der Waals surface area contributed by atoms with Gasteiger partial charge in [0.25, 0.3) is 0 Å². The highest BCUT2D eigenvalue weighted by atomic mass is 79.9. The Balaban J connectivity index is 2.05. The molecule has 0 radical (unpaired) electrons. The highest BCUT2D eigenvalue weighted by Crippen LogP contribution is 2.49. The number of ether oxygens (including phenoxy) is 2. The lowest BCUT2D eigenvalue weighted by molar-refractivity contribution is -0.000703. The van der Waals surface area contributed by atoms with Gasteiger partial charge in [0.2, 0.25) is 11.8 Å². The van der Waals surface area contributed by atoms with Gasteiger partial charge in [0.1, 0.15) is 5.60 Å². The van der Waals surface area contributed by atoms with Crippen molar-refractivity contribution < 1.29 is 14.6 Å². The van der Waals surface area contributed by atoms with E-state index >= 15 is 0 Å². The molecule has 0 amide bonds. The molecule has 4 aromatic rings. The molecule has 1 N–H and O–H groups in total. The molecule has 0 bridgehead atoms. The molecule has 4 rings (SSSR count). The second kappa shape index (κ2) is 10.8. The molecule has 0 saturated heterocycles. The van der Waals surface area contributed by atoms with Crippen LogP contribution in [-0.4, -0.2) is 54.8 Å². The Kier molecular flexibility index (Phi) is 7.99. The number of nitrogens with zero attached hydrogens (tertiary/aromatic N) is 3. The van der Waals surface area contributed by atoms with Gasteiger partial charge in [0.05, 0.1) is 31.3 Å². The number of hydrogen-bond donors (Lipinski definition) is 1. The minimum atomic E-state index is -1.37. The van der Waals surface area contributed by atoms with Gasteiger partial charge in [0.15, 0.2) is 0 Å². The van der Waals surface area contributed by atoms with Crippen molar-refractivity contribution in [3.05, 3.63) is 79.6 Å². The number of halogens is 1. The van der Waals surface area contributed by atoms with Crippen LogP contribution in [0.4, 0.5) is 0 Å². The fourth-order valence-electron chi connectivity index (χ4n) is 4.72. The summed E-state index contributed by atoms with van der Waals surface area (Å²) < 4.78 is 12.2. The summed E-state index contributed by atoms with van der Waals surface area (Å²) >= 11 is 5.31. The summed E-state index contributed by atoms with van der Waals surface area (Å²) in [4.78, 5) is 14.0. The molecular formula is C28H32BrN3O3S. The fourth-order valence-corrected chi connectivity index (χ4v) is 6.06. The topological polar surface area (TPSA) is 67.7 Å². The number of aromatic nitrogens is 2. The van der Waals surface area contributed by atoms with Crippen LogP contribution in [0.25, 0.3) is 10.9 Å². The van der Waals surface area contributed by atoms with Crippen molar-refractivity contribution in [1.82, 2.24) is 14.9 Å². The van der Waals surface area contributed by atoms with Crippen molar-refractivity contribution in [2.75, 3.05) is 34.9 Å². The Bertz CT molecular complexity index is 1370. The number of hydrogen-bond acceptors (Lipinski definition) is 7. The molecule has 8 heteroatoms. The predicted octanol–water partition coefficient (Wildman–Crippen LogP) is 6.06. The number of fused-ring (bicyclic) bond motifs is 1. The normalized spacial score (nSPS) is 14.1. The second-order valence-electron chi connectivity index (χ2n) is 9.27. The van der Waals surface area contributed by atoms with E-state index in [-0.39, 0.29) is 0 Å². The number of methoxy groups -OCH3 is 2. The van der Waals surface area contributed by atoms with Gasteiger partial charge in [0, 0.05) is 37.8 Å². The molecule has 1 aromatic carbocycles. The lowest BCUT2D eigenvalue weighted by Gasteiger charge is -2.38. The van der Waals surface area contributed by atoms with E-state index in [1.807, 2.05) is 44.4 Å². The van der Waals surface area contributed by atoms with Crippen LogP contribution in [0.5, 0.6) is 11.8 Å². The van der Waals surface area contributed by atoms with Crippen LogP contribution in [0, 0.1) is 13.8 Å². The summed E-state index contributed by atoms with van der Waals surface area (Å²) in [6.07, 6.45) is 0.443. The van der Waals surface area contributed by atoms with E-state index in [1.165, 1.54) is 4.88 Å². The van der Waals surface area contributed by atoms with Crippen LogP contribution >= 0.6 is 27.3 Å². The Hall–Kier alpha value is -2.52. The molecule has 190 valence electrons. The van der Waals surface area contributed by atoms with E-state index in [4.69, 9.17) is 19.4 Å². The summed E-state index contributed by atoms with van der Waals surface area (Å²) in [6.45, 7) is 4.85. The van der Waals surface area contributed by atoms with E-state index in [2.05, 4.69) is 46.8 Å². The van der Waals surface area contributed by atoms with Crippen LogP contribution < -0.4 is 9.47 Å². The molecule has 3 heterocycles. The molecule has 6 nitrogen and oxygen atoms in total. The van der Waals surface area contributed by atoms with Gasteiger partial charge in [-0.05, 0) is 76.3 Å². The zero-order valence-electron chi connectivity index (χ0n) is 21.5. The molecule has 0 aliphatic rings. The average molecular weight is 571 g/mol. The molecule has 0 fully saturated rings. The van der Waals surface area contributed by atoms with Crippen LogP contribution in [0.3, 0.4) is 0 Å². The van der Waals surface area contributed by atoms with Crippen molar-refractivity contribution in [1.29, 1.82) is 0 Å². The summed E-state index contributed by atoms with van der Waals surface area (Å²) in [7, 11) is 7.22. The van der Waals surface area contributed by atoms with Gasteiger partial charge in [-0.2, -0.15) is 0 Å². The van der Waals surface area contributed by atoms with E-state index in [1.54, 1.807) is 31.6 Å². The van der Waals surface area contributed by atoms with Crippen molar-refractivity contribution in [2.45, 2.75) is 31.8 Å². The Labute approximate surface area is 225 Å². The highest BCUT2D eigenvalue weighted by molar-refractivity contribution is 9.10. The first kappa shape index (κ1) is 26.5. The van der Waals surface area contributed by atoms with Crippen molar-refractivity contribution >= 4 is 38.2 Å². The first-order valence-corrected chi connectivity index (χ1v) is 13.4. The maximum absolute atomic E-state index is 12.8. The Morgan fingerprint density at radius 2 is 1.81 bits per heavy atom. The molecule has 0 spiro atoms. The van der Waals surface area contributed by atoms with Gasteiger partial charge in [-0.3, -0.25) is 0 Å². The van der Waals surface area contributed by atoms with Gasteiger partial charge < -0.3 is 19.5 Å². The Morgan fingerprint density at radius 1 is 1.03 bits per heavy atom. The van der Waals surface area contributed by atoms with E-state index in [9.17, 15) is 5.11 Å². The number of aliphatic hydroxyl groups is 1. The third kappa shape index (κ3) is 5.27. The van der Waals surface area contributed by atoms with Gasteiger partial charge in [-0.15, -0.1) is 11.3 Å². The smallest absolute Gasteiger partial charge is 0.217 e. The second-order valence-corrected chi connectivity index (χ2v) is 11.6. The third-order valence-corrected chi connectivity index (χ3v) is 7.93. The number of pyridine rings is 2. The van der Waals surface area contributed by atoms with Crippen molar-refractivity contribution in [3.63, 3.8) is 0 Å². The van der Waals surface area contributed by atoms with Crippen LogP contribution in [0.15, 0.2) is 53.0 Å². The van der Waals surface area contributed by atoms with Gasteiger partial charge in [-0.1, -0.05) is 22.0 Å². The minimum Gasteiger partial charge on any atom is -0.481 e. The van der Waals surface area contributed by atoms with Crippen LogP contribution in [-0.2, 0) is 5.60 Å². The monoisotopic (exact) mass is 569 g/mol. The quantitative estimate of drug-likeness (QED) is 0.264. The predicted molar refractivity (Wildman–Crippen MR) is 149 cm³/mol. The zero-order valence-corrected chi connectivity index (χ0v) is 23.9. The van der Waals surface area contributed by atoms with E-state index in [0.29, 0.717) is 30.4 Å². The van der Waals surface area contributed by atoms with Crippen LogP contribution in [0.1, 0.15) is 38.9 Å². The molecular weight excluding hydrogens is 538 g/mol. The summed E-state index contributed by atoms with van der Waals surface area (Å²) in [6, 6.07) is 15.8.